The Hall–Kier alpha value is -1.60. The van der Waals surface area contributed by atoms with Crippen molar-refractivity contribution in [1.29, 1.82) is 0 Å². The molecule has 21 heavy (non-hydrogen) atoms. The maximum Gasteiger partial charge on any atom is 0.410 e. The van der Waals surface area contributed by atoms with Crippen LogP contribution in [0.2, 0.25) is 0 Å². The van der Waals surface area contributed by atoms with Gasteiger partial charge in [0.2, 0.25) is 0 Å². The number of benzene rings is 1. The van der Waals surface area contributed by atoms with Crippen molar-refractivity contribution in [3.05, 3.63) is 35.9 Å². The molecule has 0 aliphatic carbocycles. The number of aliphatic hydroxyl groups excluding tert-OH is 1. The number of sulfone groups is 1. The first-order chi connectivity index (χ1) is 9.91. The summed E-state index contributed by atoms with van der Waals surface area (Å²) in [5.41, 5.74) is 0.852. The lowest BCUT2D eigenvalue weighted by molar-refractivity contribution is 0.0796. The van der Waals surface area contributed by atoms with Crippen molar-refractivity contribution in [1.82, 2.24) is 4.90 Å². The molecule has 1 heterocycles. The molecule has 1 aliphatic rings. The fourth-order valence-electron chi connectivity index (χ4n) is 2.38. The molecule has 0 bridgehead atoms. The van der Waals surface area contributed by atoms with Crippen molar-refractivity contribution in [2.45, 2.75) is 24.3 Å². The summed E-state index contributed by atoms with van der Waals surface area (Å²) in [7, 11) is -3.24. The van der Waals surface area contributed by atoms with Crippen LogP contribution in [-0.2, 0) is 21.2 Å². The third kappa shape index (κ3) is 3.95. The second-order valence-electron chi connectivity index (χ2n) is 5.22. The summed E-state index contributed by atoms with van der Waals surface area (Å²) in [6.45, 7) is -0.0813. The summed E-state index contributed by atoms with van der Waals surface area (Å²) in [6, 6.07) is 8.71. The zero-order chi connectivity index (χ0) is 15.5. The zero-order valence-corrected chi connectivity index (χ0v) is 12.6. The second kappa shape index (κ2) is 6.44. The molecule has 7 heteroatoms. The van der Waals surface area contributed by atoms with Crippen molar-refractivity contribution >= 4 is 15.9 Å². The van der Waals surface area contributed by atoms with Gasteiger partial charge >= 0.3 is 6.09 Å². The van der Waals surface area contributed by atoms with E-state index in [1.165, 1.54) is 4.90 Å². The zero-order valence-electron chi connectivity index (χ0n) is 11.8. The Morgan fingerprint density at radius 1 is 1.38 bits per heavy atom. The summed E-state index contributed by atoms with van der Waals surface area (Å²) in [4.78, 5) is 13.4. The van der Waals surface area contributed by atoms with Crippen LogP contribution in [0.25, 0.3) is 0 Å². The average Bonchev–Trinajstić information content (AvgIpc) is 2.90. The highest BCUT2D eigenvalue weighted by molar-refractivity contribution is 7.91. The van der Waals surface area contributed by atoms with E-state index in [4.69, 9.17) is 4.74 Å². The lowest BCUT2D eigenvalue weighted by Gasteiger charge is -2.22. The molecule has 0 radical (unpaired) electrons. The van der Waals surface area contributed by atoms with Crippen molar-refractivity contribution in [3.63, 3.8) is 0 Å². The molecule has 1 fully saturated rings. The topological polar surface area (TPSA) is 83.9 Å². The summed E-state index contributed by atoms with van der Waals surface area (Å²) < 4.78 is 28.4. The Morgan fingerprint density at radius 2 is 2.05 bits per heavy atom. The number of amides is 1. The number of nitrogens with zero attached hydrogens (tertiary/aromatic N) is 1. The number of aliphatic hydroxyl groups is 1. The lowest BCUT2D eigenvalue weighted by atomic mass is 10.2. The second-order valence-corrected chi connectivity index (χ2v) is 7.54. The van der Waals surface area contributed by atoms with Gasteiger partial charge < -0.3 is 14.7 Å². The van der Waals surface area contributed by atoms with E-state index in [1.807, 2.05) is 30.3 Å². The van der Waals surface area contributed by atoms with Gasteiger partial charge in [0.1, 0.15) is 6.61 Å². The van der Waals surface area contributed by atoms with E-state index in [-0.39, 0.29) is 26.2 Å². The maximum absolute atomic E-state index is 12.1. The van der Waals surface area contributed by atoms with E-state index in [2.05, 4.69) is 0 Å². The van der Waals surface area contributed by atoms with Crippen LogP contribution in [0, 0.1) is 0 Å². The minimum Gasteiger partial charge on any atom is -0.445 e. The molecule has 1 saturated heterocycles. The molecule has 1 aliphatic heterocycles. The van der Waals surface area contributed by atoms with Gasteiger partial charge in [0.15, 0.2) is 9.84 Å². The number of carbonyl (C=O) groups is 1. The van der Waals surface area contributed by atoms with E-state index >= 15 is 0 Å². The SMILES string of the molecule is CS(=O)(=O)C1CC(CO)N(C(=O)OCc2ccccc2)C1. The summed E-state index contributed by atoms with van der Waals surface area (Å²) in [5, 5.41) is 8.67. The van der Waals surface area contributed by atoms with Crippen LogP contribution in [-0.4, -0.2) is 55.2 Å². The molecule has 1 aromatic carbocycles. The molecule has 2 rings (SSSR count). The van der Waals surface area contributed by atoms with Gasteiger partial charge in [0.25, 0.3) is 0 Å². The molecule has 0 saturated carbocycles. The monoisotopic (exact) mass is 313 g/mol. The van der Waals surface area contributed by atoms with E-state index in [1.54, 1.807) is 0 Å². The largest absolute Gasteiger partial charge is 0.445 e. The number of ether oxygens (including phenoxy) is 1. The molecule has 1 amide bonds. The Balaban J connectivity index is 1.98. The molecule has 1 N–H and O–H groups in total. The van der Waals surface area contributed by atoms with E-state index in [0.29, 0.717) is 0 Å². The van der Waals surface area contributed by atoms with E-state index < -0.39 is 27.2 Å². The standard InChI is InChI=1S/C14H19NO5S/c1-21(18,19)13-7-12(9-16)15(8-13)14(17)20-10-11-5-3-2-4-6-11/h2-6,12-13,16H,7-10H2,1H3. The van der Waals surface area contributed by atoms with Crippen LogP contribution >= 0.6 is 0 Å². The lowest BCUT2D eigenvalue weighted by Crippen LogP contribution is -2.38. The van der Waals surface area contributed by atoms with Gasteiger partial charge in [-0.2, -0.15) is 0 Å². The normalized spacial score (nSPS) is 22.3. The van der Waals surface area contributed by atoms with Crippen molar-refractivity contribution < 1.29 is 23.1 Å². The van der Waals surface area contributed by atoms with Gasteiger partial charge in [-0.1, -0.05) is 30.3 Å². The minimum atomic E-state index is -3.24. The number of likely N-dealkylation sites (tertiary alicyclic amines) is 1. The van der Waals surface area contributed by atoms with Crippen molar-refractivity contribution in [2.75, 3.05) is 19.4 Å². The van der Waals surface area contributed by atoms with Gasteiger partial charge in [-0.15, -0.1) is 0 Å². The average molecular weight is 313 g/mol. The van der Waals surface area contributed by atoms with Crippen molar-refractivity contribution in [3.8, 4) is 0 Å². The number of hydrogen-bond acceptors (Lipinski definition) is 5. The quantitative estimate of drug-likeness (QED) is 0.889. The van der Waals surface area contributed by atoms with Gasteiger partial charge in [-0.3, -0.25) is 0 Å². The Kier molecular flexibility index (Phi) is 4.84. The van der Waals surface area contributed by atoms with Gasteiger partial charge in [-0.25, -0.2) is 13.2 Å². The molecule has 116 valence electrons. The van der Waals surface area contributed by atoms with E-state index in [9.17, 15) is 18.3 Å². The first kappa shape index (κ1) is 15.8. The number of carbonyl (C=O) groups excluding carboxylic acids is 1. The smallest absolute Gasteiger partial charge is 0.410 e. The minimum absolute atomic E-state index is 0.0671. The van der Waals surface area contributed by atoms with Crippen LogP contribution in [0.5, 0.6) is 0 Å². The van der Waals surface area contributed by atoms with Crippen molar-refractivity contribution in [2.24, 2.45) is 0 Å². The van der Waals surface area contributed by atoms with Crippen LogP contribution in [0.1, 0.15) is 12.0 Å². The number of hydrogen-bond donors (Lipinski definition) is 1. The van der Waals surface area contributed by atoms with Crippen LogP contribution < -0.4 is 0 Å². The molecule has 6 nitrogen and oxygen atoms in total. The van der Waals surface area contributed by atoms with Crippen LogP contribution in [0.3, 0.4) is 0 Å². The van der Waals surface area contributed by atoms with Crippen LogP contribution in [0.4, 0.5) is 4.79 Å². The molecular weight excluding hydrogens is 294 g/mol. The predicted octanol–water partition coefficient (Wildman–Crippen LogP) is 0.803. The maximum atomic E-state index is 12.1. The Bertz CT molecular complexity index is 587. The molecular formula is C14H19NO5S. The molecule has 0 aromatic heterocycles. The molecule has 2 unspecified atom stereocenters. The van der Waals surface area contributed by atoms with Gasteiger partial charge in [0.05, 0.1) is 17.9 Å². The Labute approximate surface area is 124 Å². The predicted molar refractivity (Wildman–Crippen MR) is 77.5 cm³/mol. The summed E-state index contributed by atoms with van der Waals surface area (Å²) in [6.07, 6.45) is 0.796. The first-order valence-corrected chi connectivity index (χ1v) is 8.64. The molecule has 2 atom stereocenters. The molecule has 0 spiro atoms. The van der Waals surface area contributed by atoms with Gasteiger partial charge in [-0.05, 0) is 12.0 Å². The highest BCUT2D eigenvalue weighted by Crippen LogP contribution is 2.23. The number of rotatable bonds is 4. The summed E-state index contributed by atoms with van der Waals surface area (Å²) in [5.74, 6) is 0. The fourth-order valence-corrected chi connectivity index (χ4v) is 3.39. The highest BCUT2D eigenvalue weighted by Gasteiger charge is 2.40. The van der Waals surface area contributed by atoms with Gasteiger partial charge in [0, 0.05) is 12.8 Å². The highest BCUT2D eigenvalue weighted by atomic mass is 32.2. The van der Waals surface area contributed by atoms with E-state index in [0.717, 1.165) is 11.8 Å². The first-order valence-electron chi connectivity index (χ1n) is 6.69. The third-order valence-corrected chi connectivity index (χ3v) is 5.18. The molecule has 1 aromatic rings. The third-order valence-electron chi connectivity index (χ3n) is 3.63. The fraction of sp³-hybridized carbons (Fsp3) is 0.500. The summed E-state index contributed by atoms with van der Waals surface area (Å²) >= 11 is 0. The van der Waals surface area contributed by atoms with Crippen LogP contribution in [0.15, 0.2) is 30.3 Å². The Morgan fingerprint density at radius 3 is 2.62 bits per heavy atom.